The van der Waals surface area contributed by atoms with Crippen LogP contribution in [0, 0.1) is 0 Å². The summed E-state index contributed by atoms with van der Waals surface area (Å²) in [4.78, 5) is 14.4. The Kier molecular flexibility index (Phi) is 5.69. The van der Waals surface area contributed by atoms with Gasteiger partial charge in [-0.3, -0.25) is 4.79 Å². The Labute approximate surface area is 155 Å². The van der Waals surface area contributed by atoms with Gasteiger partial charge in [-0.1, -0.05) is 86.2 Å². The topological polar surface area (TPSA) is 40.5 Å². The van der Waals surface area contributed by atoms with Crippen molar-refractivity contribution < 1.29 is 9.90 Å². The number of allylic oxidation sites excluding steroid dienone is 2. The lowest BCUT2D eigenvalue weighted by molar-refractivity contribution is -0.0866. The normalized spacial score (nSPS) is 19.6. The van der Waals surface area contributed by atoms with Crippen molar-refractivity contribution in [3.05, 3.63) is 89.5 Å². The molecular weight excluding hydrogens is 322 g/mol. The van der Waals surface area contributed by atoms with Crippen LogP contribution >= 0.6 is 0 Å². The molecule has 2 aromatic rings. The number of hydrogen-bond acceptors (Lipinski definition) is 2. The number of aliphatic hydroxyl groups is 1. The summed E-state index contributed by atoms with van der Waals surface area (Å²) in [6.45, 7) is 2.47. The summed E-state index contributed by atoms with van der Waals surface area (Å²) in [5.41, 5.74) is 1.25. The number of benzene rings is 2. The molecule has 1 amide bonds. The SMILES string of the molecule is CCCCC1(O)c2ccccc2C(=O)N1C/C=C/C=C/c1ccccc1. The molecule has 3 heteroatoms. The smallest absolute Gasteiger partial charge is 0.257 e. The molecule has 0 aromatic heterocycles. The van der Waals surface area contributed by atoms with Gasteiger partial charge in [-0.05, 0) is 24.5 Å². The van der Waals surface area contributed by atoms with Gasteiger partial charge >= 0.3 is 0 Å². The monoisotopic (exact) mass is 347 g/mol. The summed E-state index contributed by atoms with van der Waals surface area (Å²) in [6, 6.07) is 17.4. The highest BCUT2D eigenvalue weighted by atomic mass is 16.3. The molecule has 0 saturated heterocycles. The molecule has 134 valence electrons. The maximum atomic E-state index is 12.8. The standard InChI is InChI=1S/C23H25NO2/c1-2-3-17-23(26)21-16-10-9-15-20(21)22(25)24(23)18-11-5-8-14-19-12-6-4-7-13-19/h4-16,26H,2-3,17-18H2,1H3/b11-5+,14-8+. The van der Waals surface area contributed by atoms with E-state index in [1.807, 2.05) is 72.8 Å². The van der Waals surface area contributed by atoms with E-state index < -0.39 is 5.72 Å². The zero-order chi connectivity index (χ0) is 18.4. The Morgan fingerprint density at radius 1 is 1.04 bits per heavy atom. The third-order valence-electron chi connectivity index (χ3n) is 4.78. The van der Waals surface area contributed by atoms with E-state index in [1.54, 1.807) is 11.0 Å². The van der Waals surface area contributed by atoms with Crippen LogP contribution in [-0.2, 0) is 5.72 Å². The molecule has 1 unspecified atom stereocenters. The molecule has 0 spiro atoms. The molecule has 1 aliphatic heterocycles. The lowest BCUT2D eigenvalue weighted by Gasteiger charge is -2.33. The zero-order valence-corrected chi connectivity index (χ0v) is 15.1. The van der Waals surface area contributed by atoms with Crippen LogP contribution < -0.4 is 0 Å². The maximum Gasteiger partial charge on any atom is 0.257 e. The molecule has 0 bridgehead atoms. The molecule has 1 N–H and O–H groups in total. The molecule has 0 aliphatic carbocycles. The van der Waals surface area contributed by atoms with E-state index in [9.17, 15) is 9.90 Å². The quantitative estimate of drug-likeness (QED) is 0.735. The highest BCUT2D eigenvalue weighted by Gasteiger charge is 2.47. The third-order valence-corrected chi connectivity index (χ3v) is 4.78. The molecule has 3 nitrogen and oxygen atoms in total. The van der Waals surface area contributed by atoms with E-state index in [0.717, 1.165) is 24.0 Å². The average Bonchev–Trinajstić information content (AvgIpc) is 2.89. The summed E-state index contributed by atoms with van der Waals surface area (Å²) in [6.07, 6.45) is 10.2. The molecule has 0 radical (unpaired) electrons. The largest absolute Gasteiger partial charge is 0.367 e. The molecule has 0 saturated carbocycles. The fourth-order valence-electron chi connectivity index (χ4n) is 3.38. The van der Waals surface area contributed by atoms with Crippen LogP contribution in [0.15, 0.2) is 72.8 Å². The van der Waals surface area contributed by atoms with Crippen LogP contribution in [0.4, 0.5) is 0 Å². The van der Waals surface area contributed by atoms with Crippen molar-refractivity contribution in [2.45, 2.75) is 31.9 Å². The van der Waals surface area contributed by atoms with E-state index in [4.69, 9.17) is 0 Å². The van der Waals surface area contributed by atoms with Crippen LogP contribution in [0.1, 0.15) is 47.7 Å². The number of hydrogen-bond donors (Lipinski definition) is 1. The first-order valence-corrected chi connectivity index (χ1v) is 9.19. The Bertz CT molecular complexity index is 810. The van der Waals surface area contributed by atoms with E-state index in [2.05, 4.69) is 6.92 Å². The van der Waals surface area contributed by atoms with Crippen LogP contribution in [-0.4, -0.2) is 22.5 Å². The maximum absolute atomic E-state index is 12.8. The van der Waals surface area contributed by atoms with Gasteiger partial charge in [0.15, 0.2) is 5.72 Å². The average molecular weight is 347 g/mol. The van der Waals surface area contributed by atoms with Crippen LogP contribution in [0.3, 0.4) is 0 Å². The second-order valence-electron chi connectivity index (χ2n) is 6.58. The van der Waals surface area contributed by atoms with E-state index >= 15 is 0 Å². The summed E-state index contributed by atoms with van der Waals surface area (Å²) in [5, 5.41) is 11.3. The molecule has 1 atom stereocenters. The van der Waals surface area contributed by atoms with Gasteiger partial charge in [0.1, 0.15) is 0 Å². The van der Waals surface area contributed by atoms with Crippen molar-refractivity contribution in [1.29, 1.82) is 0 Å². The number of unbranched alkanes of at least 4 members (excludes halogenated alkanes) is 1. The lowest BCUT2D eigenvalue weighted by Crippen LogP contribution is -2.43. The minimum Gasteiger partial charge on any atom is -0.367 e. The summed E-state index contributed by atoms with van der Waals surface area (Å²) in [7, 11) is 0. The van der Waals surface area contributed by atoms with Crippen molar-refractivity contribution in [1.82, 2.24) is 4.90 Å². The van der Waals surface area contributed by atoms with Crippen LogP contribution in [0.5, 0.6) is 0 Å². The van der Waals surface area contributed by atoms with Gasteiger partial charge in [-0.2, -0.15) is 0 Å². The van der Waals surface area contributed by atoms with E-state index in [-0.39, 0.29) is 5.91 Å². The first kappa shape index (κ1) is 18.2. The first-order valence-electron chi connectivity index (χ1n) is 9.19. The highest BCUT2D eigenvalue weighted by Crippen LogP contribution is 2.40. The lowest BCUT2D eigenvalue weighted by atomic mass is 9.96. The summed E-state index contributed by atoms with van der Waals surface area (Å²) in [5.74, 6) is -0.101. The Balaban J connectivity index is 1.74. The minimum absolute atomic E-state index is 0.101. The Morgan fingerprint density at radius 3 is 2.54 bits per heavy atom. The van der Waals surface area contributed by atoms with Gasteiger partial charge in [0.2, 0.25) is 0 Å². The van der Waals surface area contributed by atoms with Gasteiger partial charge in [0, 0.05) is 17.7 Å². The molecule has 3 rings (SSSR count). The minimum atomic E-state index is -1.21. The second-order valence-corrected chi connectivity index (χ2v) is 6.58. The predicted molar refractivity (Wildman–Crippen MR) is 106 cm³/mol. The molecular formula is C23H25NO2. The fraction of sp³-hybridized carbons (Fsp3) is 0.261. The highest BCUT2D eigenvalue weighted by molar-refractivity contribution is 5.99. The Morgan fingerprint density at radius 2 is 1.77 bits per heavy atom. The second kappa shape index (κ2) is 8.15. The number of fused-ring (bicyclic) bond motifs is 1. The summed E-state index contributed by atoms with van der Waals surface area (Å²) < 4.78 is 0. The number of nitrogens with zero attached hydrogens (tertiary/aromatic N) is 1. The van der Waals surface area contributed by atoms with E-state index in [1.165, 1.54) is 0 Å². The van der Waals surface area contributed by atoms with Crippen molar-refractivity contribution >= 4 is 12.0 Å². The summed E-state index contributed by atoms with van der Waals surface area (Å²) >= 11 is 0. The Hall–Kier alpha value is -2.65. The molecule has 1 aliphatic rings. The molecule has 0 fully saturated rings. The van der Waals surface area contributed by atoms with E-state index in [0.29, 0.717) is 18.5 Å². The van der Waals surface area contributed by atoms with Gasteiger partial charge in [-0.15, -0.1) is 0 Å². The van der Waals surface area contributed by atoms with Crippen molar-refractivity contribution in [2.75, 3.05) is 6.54 Å². The number of rotatable bonds is 7. The molecule has 1 heterocycles. The van der Waals surface area contributed by atoms with Gasteiger partial charge in [0.25, 0.3) is 5.91 Å². The molecule has 26 heavy (non-hydrogen) atoms. The first-order chi connectivity index (χ1) is 12.7. The predicted octanol–water partition coefficient (Wildman–Crippen LogP) is 4.75. The molecule has 2 aromatic carbocycles. The zero-order valence-electron chi connectivity index (χ0n) is 15.1. The number of carbonyl (C=O) groups is 1. The number of amides is 1. The fourth-order valence-corrected chi connectivity index (χ4v) is 3.38. The van der Waals surface area contributed by atoms with Crippen molar-refractivity contribution in [3.63, 3.8) is 0 Å². The van der Waals surface area contributed by atoms with Gasteiger partial charge in [-0.25, -0.2) is 0 Å². The third kappa shape index (κ3) is 3.63. The number of carbonyl (C=O) groups excluding carboxylic acids is 1. The van der Waals surface area contributed by atoms with Crippen LogP contribution in [0.25, 0.3) is 6.08 Å². The van der Waals surface area contributed by atoms with Crippen molar-refractivity contribution in [2.24, 2.45) is 0 Å². The van der Waals surface area contributed by atoms with Gasteiger partial charge < -0.3 is 10.0 Å². The van der Waals surface area contributed by atoms with Crippen LogP contribution in [0.2, 0.25) is 0 Å². The van der Waals surface area contributed by atoms with Gasteiger partial charge in [0.05, 0.1) is 0 Å². The van der Waals surface area contributed by atoms with Crippen molar-refractivity contribution in [3.8, 4) is 0 Å².